The number of hydrogen-bond acceptors (Lipinski definition) is 2. The molecular formula is C18H34N2. The van der Waals surface area contributed by atoms with Crippen LogP contribution in [-0.4, -0.2) is 36.1 Å². The van der Waals surface area contributed by atoms with Gasteiger partial charge in [-0.15, -0.1) is 0 Å². The van der Waals surface area contributed by atoms with Crippen LogP contribution in [0.1, 0.15) is 71.6 Å². The van der Waals surface area contributed by atoms with Crippen molar-refractivity contribution in [2.75, 3.05) is 13.1 Å². The summed E-state index contributed by atoms with van der Waals surface area (Å²) < 4.78 is 0. The fraction of sp³-hybridized carbons (Fsp3) is 1.00. The Morgan fingerprint density at radius 2 is 1.70 bits per heavy atom. The molecule has 0 spiro atoms. The van der Waals surface area contributed by atoms with Crippen molar-refractivity contribution in [2.45, 2.75) is 89.8 Å². The summed E-state index contributed by atoms with van der Waals surface area (Å²) in [5, 5.41) is 3.86. The van der Waals surface area contributed by atoms with Crippen LogP contribution in [0.3, 0.4) is 0 Å². The Kier molecular flexibility index (Phi) is 5.04. The minimum atomic E-state index is 0.744. The fourth-order valence-electron chi connectivity index (χ4n) is 4.51. The molecule has 2 aliphatic carbocycles. The normalized spacial score (nSPS) is 34.4. The van der Waals surface area contributed by atoms with Gasteiger partial charge in [-0.25, -0.2) is 0 Å². The third kappa shape index (κ3) is 3.76. The molecule has 3 fully saturated rings. The quantitative estimate of drug-likeness (QED) is 0.787. The average Bonchev–Trinajstić information content (AvgIpc) is 3.25. The predicted octanol–water partition coefficient (Wildman–Crippen LogP) is 3.81. The molecule has 20 heavy (non-hydrogen) atoms. The Balaban J connectivity index is 1.64. The molecule has 0 radical (unpaired) electrons. The molecule has 1 aliphatic heterocycles. The number of rotatable bonds is 4. The number of nitrogens with zero attached hydrogens (tertiary/aromatic N) is 1. The van der Waals surface area contributed by atoms with Crippen LogP contribution in [0.25, 0.3) is 0 Å². The van der Waals surface area contributed by atoms with E-state index in [0.29, 0.717) is 0 Å². The number of nitrogens with one attached hydrogen (secondary N) is 1. The number of hydrogen-bond donors (Lipinski definition) is 1. The second kappa shape index (κ2) is 6.79. The van der Waals surface area contributed by atoms with Crippen LogP contribution >= 0.6 is 0 Å². The Labute approximate surface area is 125 Å². The highest BCUT2D eigenvalue weighted by molar-refractivity contribution is 4.97. The molecule has 0 bridgehead atoms. The first-order valence-electron chi connectivity index (χ1n) is 9.23. The van der Waals surface area contributed by atoms with E-state index >= 15 is 0 Å². The summed E-state index contributed by atoms with van der Waals surface area (Å²) in [6, 6.07) is 2.51. The first-order valence-corrected chi connectivity index (χ1v) is 9.23. The van der Waals surface area contributed by atoms with Gasteiger partial charge in [0.05, 0.1) is 0 Å². The summed E-state index contributed by atoms with van der Waals surface area (Å²) >= 11 is 0. The van der Waals surface area contributed by atoms with E-state index in [1.807, 2.05) is 0 Å². The molecule has 2 heteroatoms. The molecular weight excluding hydrogens is 244 g/mol. The minimum Gasteiger partial charge on any atom is -0.311 e. The molecule has 2 unspecified atom stereocenters. The summed E-state index contributed by atoms with van der Waals surface area (Å²) in [6.45, 7) is 7.32. The van der Waals surface area contributed by atoms with Gasteiger partial charge in [0.1, 0.15) is 0 Å². The molecule has 0 amide bonds. The highest BCUT2D eigenvalue weighted by Crippen LogP contribution is 2.39. The summed E-state index contributed by atoms with van der Waals surface area (Å²) in [5.41, 5.74) is 0. The Bertz CT molecular complexity index is 290. The van der Waals surface area contributed by atoms with Gasteiger partial charge in [0, 0.05) is 31.2 Å². The van der Waals surface area contributed by atoms with Crippen molar-refractivity contribution in [3.05, 3.63) is 0 Å². The van der Waals surface area contributed by atoms with Crippen LogP contribution in [0.4, 0.5) is 0 Å². The van der Waals surface area contributed by atoms with E-state index in [2.05, 4.69) is 24.1 Å². The van der Waals surface area contributed by atoms with E-state index < -0.39 is 0 Å². The third-order valence-corrected chi connectivity index (χ3v) is 5.69. The van der Waals surface area contributed by atoms with Gasteiger partial charge in [0.25, 0.3) is 0 Å². The zero-order chi connectivity index (χ0) is 13.9. The average molecular weight is 278 g/mol. The predicted molar refractivity (Wildman–Crippen MR) is 86.0 cm³/mol. The van der Waals surface area contributed by atoms with E-state index in [9.17, 15) is 0 Å². The van der Waals surface area contributed by atoms with Gasteiger partial charge < -0.3 is 5.32 Å². The van der Waals surface area contributed by atoms with Crippen molar-refractivity contribution in [3.63, 3.8) is 0 Å². The second-order valence-electron chi connectivity index (χ2n) is 7.98. The Morgan fingerprint density at radius 3 is 2.30 bits per heavy atom. The maximum atomic E-state index is 3.86. The second-order valence-corrected chi connectivity index (χ2v) is 7.98. The van der Waals surface area contributed by atoms with Gasteiger partial charge in [-0.1, -0.05) is 39.5 Å². The lowest BCUT2D eigenvalue weighted by Crippen LogP contribution is -2.60. The first-order chi connectivity index (χ1) is 9.74. The summed E-state index contributed by atoms with van der Waals surface area (Å²) in [5.74, 6) is 1.84. The molecule has 116 valence electrons. The summed E-state index contributed by atoms with van der Waals surface area (Å²) in [4.78, 5) is 2.96. The van der Waals surface area contributed by atoms with Crippen LogP contribution < -0.4 is 5.32 Å². The lowest BCUT2D eigenvalue weighted by atomic mass is 9.94. The molecule has 2 nitrogen and oxygen atoms in total. The summed E-state index contributed by atoms with van der Waals surface area (Å²) in [6.07, 6.45) is 13.2. The monoisotopic (exact) mass is 278 g/mol. The molecule has 3 rings (SSSR count). The maximum Gasteiger partial charge on any atom is 0.0252 e. The van der Waals surface area contributed by atoms with Crippen LogP contribution in [-0.2, 0) is 0 Å². The van der Waals surface area contributed by atoms with Crippen LogP contribution in [0.5, 0.6) is 0 Å². The van der Waals surface area contributed by atoms with E-state index in [4.69, 9.17) is 0 Å². The van der Waals surface area contributed by atoms with Gasteiger partial charge in [-0.3, -0.25) is 4.90 Å². The zero-order valence-corrected chi connectivity index (χ0v) is 13.6. The topological polar surface area (TPSA) is 15.3 Å². The first kappa shape index (κ1) is 14.8. The molecule has 2 atom stereocenters. The molecule has 2 saturated carbocycles. The van der Waals surface area contributed by atoms with E-state index in [1.54, 1.807) is 0 Å². The molecule has 1 heterocycles. The van der Waals surface area contributed by atoms with Crippen molar-refractivity contribution in [1.82, 2.24) is 10.2 Å². The SMILES string of the molecule is CC(C)CC1CN(C2CCCCCC2)C(C2CC2)CN1. The van der Waals surface area contributed by atoms with Gasteiger partial charge in [0.15, 0.2) is 0 Å². The van der Waals surface area contributed by atoms with Gasteiger partial charge in [-0.2, -0.15) is 0 Å². The van der Waals surface area contributed by atoms with Gasteiger partial charge >= 0.3 is 0 Å². The van der Waals surface area contributed by atoms with E-state index in [1.165, 1.54) is 70.9 Å². The standard InChI is InChI=1S/C18H34N2/c1-14(2)11-16-13-20(17-7-5-3-4-6-8-17)18(12-19-16)15-9-10-15/h14-19H,3-13H2,1-2H3. The molecule has 1 saturated heterocycles. The highest BCUT2D eigenvalue weighted by atomic mass is 15.3. The van der Waals surface area contributed by atoms with Crippen molar-refractivity contribution in [2.24, 2.45) is 11.8 Å². The number of piperazine rings is 1. The minimum absolute atomic E-state index is 0.744. The van der Waals surface area contributed by atoms with Crippen molar-refractivity contribution in [3.8, 4) is 0 Å². The fourth-order valence-corrected chi connectivity index (χ4v) is 4.51. The third-order valence-electron chi connectivity index (χ3n) is 5.69. The molecule has 0 aromatic carbocycles. The summed E-state index contributed by atoms with van der Waals surface area (Å²) in [7, 11) is 0. The Morgan fingerprint density at radius 1 is 1.00 bits per heavy atom. The van der Waals surface area contributed by atoms with Gasteiger partial charge in [0.2, 0.25) is 0 Å². The Hall–Kier alpha value is -0.0800. The maximum absolute atomic E-state index is 3.86. The molecule has 1 N–H and O–H groups in total. The lowest BCUT2D eigenvalue weighted by molar-refractivity contribution is 0.0565. The van der Waals surface area contributed by atoms with Crippen LogP contribution in [0, 0.1) is 11.8 Å². The van der Waals surface area contributed by atoms with Crippen molar-refractivity contribution < 1.29 is 0 Å². The zero-order valence-electron chi connectivity index (χ0n) is 13.6. The van der Waals surface area contributed by atoms with E-state index in [0.717, 1.165) is 30.0 Å². The molecule has 3 aliphatic rings. The van der Waals surface area contributed by atoms with Crippen LogP contribution in [0.2, 0.25) is 0 Å². The largest absolute Gasteiger partial charge is 0.311 e. The lowest BCUT2D eigenvalue weighted by Gasteiger charge is -2.45. The van der Waals surface area contributed by atoms with Crippen LogP contribution in [0.15, 0.2) is 0 Å². The van der Waals surface area contributed by atoms with Gasteiger partial charge in [-0.05, 0) is 43.9 Å². The van der Waals surface area contributed by atoms with Crippen molar-refractivity contribution >= 4 is 0 Å². The smallest absolute Gasteiger partial charge is 0.0252 e. The van der Waals surface area contributed by atoms with E-state index in [-0.39, 0.29) is 0 Å². The van der Waals surface area contributed by atoms with Crippen molar-refractivity contribution in [1.29, 1.82) is 0 Å². The molecule has 0 aromatic heterocycles. The molecule has 0 aromatic rings. The highest BCUT2D eigenvalue weighted by Gasteiger charge is 2.41.